The quantitative estimate of drug-likeness (QED) is 0.470. The van der Waals surface area contributed by atoms with Gasteiger partial charge in [-0.2, -0.15) is 5.26 Å². The average molecular weight is 328 g/mol. The van der Waals surface area contributed by atoms with Gasteiger partial charge in [-0.15, -0.1) is 0 Å². The van der Waals surface area contributed by atoms with Crippen LogP contribution in [0.5, 0.6) is 11.5 Å². The number of methoxy groups -OCH3 is 2. The summed E-state index contributed by atoms with van der Waals surface area (Å²) in [6.07, 6.45) is 1.48. The number of ketones is 1. The first-order valence-electron chi connectivity index (χ1n) is 6.73. The number of hydrogen-bond acceptors (Lipinski definition) is 4. The highest BCUT2D eigenvalue weighted by molar-refractivity contribution is 6.32. The Hall–Kier alpha value is -2.77. The van der Waals surface area contributed by atoms with Gasteiger partial charge in [-0.1, -0.05) is 41.9 Å². The van der Waals surface area contributed by atoms with E-state index in [-0.39, 0.29) is 11.4 Å². The van der Waals surface area contributed by atoms with Crippen LogP contribution in [0, 0.1) is 11.3 Å². The Morgan fingerprint density at radius 3 is 2.43 bits per heavy atom. The van der Waals surface area contributed by atoms with Crippen LogP contribution in [-0.4, -0.2) is 20.0 Å². The molecule has 116 valence electrons. The number of benzene rings is 2. The highest BCUT2D eigenvalue weighted by Gasteiger charge is 2.14. The zero-order valence-corrected chi connectivity index (χ0v) is 13.4. The van der Waals surface area contributed by atoms with Gasteiger partial charge in [0.2, 0.25) is 5.78 Å². The molecule has 23 heavy (non-hydrogen) atoms. The molecule has 0 saturated heterocycles. The lowest BCUT2D eigenvalue weighted by molar-refractivity contribution is 0.104. The van der Waals surface area contributed by atoms with Gasteiger partial charge in [0.25, 0.3) is 0 Å². The molecule has 0 radical (unpaired) electrons. The Labute approximate surface area is 139 Å². The summed E-state index contributed by atoms with van der Waals surface area (Å²) in [4.78, 5) is 12.4. The SMILES string of the molecule is COc1cc(C=C(C#N)C(=O)c2ccccc2)cc(Cl)c1OC. The van der Waals surface area contributed by atoms with Crippen molar-refractivity contribution in [1.29, 1.82) is 5.26 Å². The van der Waals surface area contributed by atoms with Crippen LogP contribution in [0.15, 0.2) is 48.0 Å². The van der Waals surface area contributed by atoms with Crippen LogP contribution in [0.3, 0.4) is 0 Å². The summed E-state index contributed by atoms with van der Waals surface area (Å²) in [5.74, 6) is 0.480. The van der Waals surface area contributed by atoms with Crippen LogP contribution >= 0.6 is 11.6 Å². The number of halogens is 1. The van der Waals surface area contributed by atoms with Crippen molar-refractivity contribution in [2.45, 2.75) is 0 Å². The van der Waals surface area contributed by atoms with Gasteiger partial charge in [0.05, 0.1) is 19.2 Å². The first-order chi connectivity index (χ1) is 11.1. The number of carbonyl (C=O) groups is 1. The molecular weight excluding hydrogens is 314 g/mol. The van der Waals surface area contributed by atoms with E-state index in [1.807, 2.05) is 6.07 Å². The van der Waals surface area contributed by atoms with Crippen LogP contribution in [0.4, 0.5) is 0 Å². The highest BCUT2D eigenvalue weighted by Crippen LogP contribution is 2.36. The molecule has 5 heteroatoms. The Balaban J connectivity index is 2.45. The summed E-state index contributed by atoms with van der Waals surface area (Å²) in [6.45, 7) is 0. The summed E-state index contributed by atoms with van der Waals surface area (Å²) in [6, 6.07) is 13.8. The van der Waals surface area contributed by atoms with Crippen LogP contribution in [-0.2, 0) is 0 Å². The van der Waals surface area contributed by atoms with Crippen molar-refractivity contribution in [3.05, 3.63) is 64.2 Å². The molecule has 0 aliphatic carbocycles. The zero-order chi connectivity index (χ0) is 16.8. The molecule has 0 unspecified atom stereocenters. The van der Waals surface area contributed by atoms with Gasteiger partial charge < -0.3 is 9.47 Å². The summed E-state index contributed by atoms with van der Waals surface area (Å²) < 4.78 is 10.4. The third-order valence-electron chi connectivity index (χ3n) is 3.17. The monoisotopic (exact) mass is 327 g/mol. The number of nitriles is 1. The fourth-order valence-electron chi connectivity index (χ4n) is 2.08. The van der Waals surface area contributed by atoms with Crippen molar-refractivity contribution >= 4 is 23.5 Å². The minimum absolute atomic E-state index is 0.0134. The Morgan fingerprint density at radius 2 is 1.87 bits per heavy atom. The maximum atomic E-state index is 12.4. The molecule has 0 aliphatic heterocycles. The Kier molecular flexibility index (Phi) is 5.40. The van der Waals surface area contributed by atoms with E-state index in [1.165, 1.54) is 20.3 Å². The number of allylic oxidation sites excluding steroid dienone is 1. The van der Waals surface area contributed by atoms with E-state index >= 15 is 0 Å². The molecule has 0 saturated carbocycles. The third-order valence-corrected chi connectivity index (χ3v) is 3.45. The van der Waals surface area contributed by atoms with Gasteiger partial charge in [-0.05, 0) is 23.8 Å². The molecule has 0 amide bonds. The molecular formula is C18H14ClNO3. The van der Waals surface area contributed by atoms with E-state index < -0.39 is 0 Å². The van der Waals surface area contributed by atoms with Gasteiger partial charge >= 0.3 is 0 Å². The van der Waals surface area contributed by atoms with Crippen molar-refractivity contribution in [2.24, 2.45) is 0 Å². The summed E-state index contributed by atoms with van der Waals surface area (Å²) in [5, 5.41) is 9.62. The minimum atomic E-state index is -0.348. The molecule has 0 heterocycles. The van der Waals surface area contributed by atoms with Gasteiger partial charge in [0.15, 0.2) is 11.5 Å². The number of carbonyl (C=O) groups excluding carboxylic acids is 1. The first-order valence-corrected chi connectivity index (χ1v) is 7.11. The zero-order valence-electron chi connectivity index (χ0n) is 12.7. The second-order valence-electron chi connectivity index (χ2n) is 4.60. The van der Waals surface area contributed by atoms with E-state index in [1.54, 1.807) is 42.5 Å². The normalized spacial score (nSPS) is 10.8. The summed E-state index contributed by atoms with van der Waals surface area (Å²) >= 11 is 6.13. The number of nitrogens with zero attached hydrogens (tertiary/aromatic N) is 1. The third kappa shape index (κ3) is 3.71. The largest absolute Gasteiger partial charge is 0.493 e. The van der Waals surface area contributed by atoms with Gasteiger partial charge in [0.1, 0.15) is 11.6 Å². The number of ether oxygens (including phenoxy) is 2. The van der Waals surface area contributed by atoms with Crippen molar-refractivity contribution in [2.75, 3.05) is 14.2 Å². The predicted molar refractivity (Wildman–Crippen MR) is 88.9 cm³/mol. The number of hydrogen-bond donors (Lipinski definition) is 0. The summed E-state index contributed by atoms with van der Waals surface area (Å²) in [5.41, 5.74) is 1.04. The molecule has 0 aliphatic rings. The lowest BCUT2D eigenvalue weighted by Gasteiger charge is -2.10. The fourth-order valence-corrected chi connectivity index (χ4v) is 2.38. The van der Waals surface area contributed by atoms with Crippen LogP contribution in [0.1, 0.15) is 15.9 Å². The standard InChI is InChI=1S/C18H14ClNO3/c1-22-16-10-12(9-15(19)18(16)23-2)8-14(11-20)17(21)13-6-4-3-5-7-13/h3-10H,1-2H3. The van der Waals surface area contributed by atoms with Crippen molar-refractivity contribution in [3.8, 4) is 17.6 Å². The van der Waals surface area contributed by atoms with E-state index in [4.69, 9.17) is 21.1 Å². The fraction of sp³-hybridized carbons (Fsp3) is 0.111. The summed E-state index contributed by atoms with van der Waals surface area (Å²) in [7, 11) is 2.97. The van der Waals surface area contributed by atoms with Gasteiger partial charge in [-0.25, -0.2) is 0 Å². The van der Waals surface area contributed by atoms with E-state index in [0.29, 0.717) is 27.6 Å². The first kappa shape index (κ1) is 16.6. The lowest BCUT2D eigenvalue weighted by atomic mass is 10.0. The molecule has 0 atom stereocenters. The molecule has 2 aromatic rings. The molecule has 0 spiro atoms. The Morgan fingerprint density at radius 1 is 1.17 bits per heavy atom. The van der Waals surface area contributed by atoms with Gasteiger partial charge in [-0.3, -0.25) is 4.79 Å². The van der Waals surface area contributed by atoms with Crippen LogP contribution in [0.25, 0.3) is 6.08 Å². The van der Waals surface area contributed by atoms with Crippen molar-refractivity contribution < 1.29 is 14.3 Å². The Bertz CT molecular complexity index is 792. The number of rotatable bonds is 5. The maximum Gasteiger partial charge on any atom is 0.203 e. The van der Waals surface area contributed by atoms with Crippen LogP contribution < -0.4 is 9.47 Å². The van der Waals surface area contributed by atoms with Crippen molar-refractivity contribution in [3.63, 3.8) is 0 Å². The second kappa shape index (κ2) is 7.48. The topological polar surface area (TPSA) is 59.3 Å². The lowest BCUT2D eigenvalue weighted by Crippen LogP contribution is -2.01. The molecule has 0 aromatic heterocycles. The highest BCUT2D eigenvalue weighted by atomic mass is 35.5. The van der Waals surface area contributed by atoms with E-state index in [0.717, 1.165) is 0 Å². The maximum absolute atomic E-state index is 12.4. The van der Waals surface area contributed by atoms with Gasteiger partial charge in [0, 0.05) is 5.56 Å². The average Bonchev–Trinajstić information content (AvgIpc) is 2.59. The number of Topliss-reactive ketones (excluding diaryl/α,β-unsaturated/α-hetero) is 1. The smallest absolute Gasteiger partial charge is 0.203 e. The molecule has 0 bridgehead atoms. The van der Waals surface area contributed by atoms with Crippen molar-refractivity contribution in [1.82, 2.24) is 0 Å². The van der Waals surface area contributed by atoms with E-state index in [9.17, 15) is 10.1 Å². The molecule has 2 rings (SSSR count). The molecule has 4 nitrogen and oxygen atoms in total. The predicted octanol–water partition coefficient (Wildman–Crippen LogP) is 4.15. The minimum Gasteiger partial charge on any atom is -0.493 e. The molecule has 0 fully saturated rings. The molecule has 0 N–H and O–H groups in total. The second-order valence-corrected chi connectivity index (χ2v) is 5.01. The van der Waals surface area contributed by atoms with Crippen LogP contribution in [0.2, 0.25) is 5.02 Å². The van der Waals surface area contributed by atoms with E-state index in [2.05, 4.69) is 0 Å². The molecule has 2 aromatic carbocycles.